The van der Waals surface area contributed by atoms with Crippen molar-refractivity contribution in [2.24, 2.45) is 0 Å². The predicted molar refractivity (Wildman–Crippen MR) is 122 cm³/mol. The lowest BCUT2D eigenvalue weighted by Gasteiger charge is -2.23. The molecule has 0 bridgehead atoms. The molecule has 2 N–H and O–H groups in total. The number of carbonyl (C=O) groups excluding carboxylic acids is 6. The van der Waals surface area contributed by atoms with Crippen LogP contribution in [0.4, 0.5) is 5.69 Å². The van der Waals surface area contributed by atoms with Crippen LogP contribution in [-0.4, -0.2) is 46.4 Å². The van der Waals surface area contributed by atoms with E-state index in [4.69, 9.17) is 4.74 Å². The molecule has 4 rings (SSSR count). The molecular formula is C25H23N3O7. The summed E-state index contributed by atoms with van der Waals surface area (Å²) in [4.78, 5) is 75.4. The average molecular weight is 477 g/mol. The lowest BCUT2D eigenvalue weighted by Crippen LogP contribution is -2.49. The van der Waals surface area contributed by atoms with Crippen LogP contribution >= 0.6 is 0 Å². The van der Waals surface area contributed by atoms with E-state index in [2.05, 4.69) is 10.6 Å². The molecule has 0 aromatic heterocycles. The quantitative estimate of drug-likeness (QED) is 0.459. The van der Waals surface area contributed by atoms with Crippen LogP contribution in [0.3, 0.4) is 0 Å². The van der Waals surface area contributed by atoms with E-state index >= 15 is 0 Å². The first-order chi connectivity index (χ1) is 16.8. The van der Waals surface area contributed by atoms with Crippen molar-refractivity contribution < 1.29 is 33.5 Å². The van der Waals surface area contributed by atoms with Crippen molar-refractivity contribution in [2.75, 3.05) is 5.32 Å². The van der Waals surface area contributed by atoms with E-state index in [1.165, 1.54) is 18.2 Å². The van der Waals surface area contributed by atoms with E-state index in [0.29, 0.717) is 6.42 Å². The third kappa shape index (κ3) is 5.26. The van der Waals surface area contributed by atoms with Crippen molar-refractivity contribution >= 4 is 41.2 Å². The molecule has 0 radical (unpaired) electrons. The van der Waals surface area contributed by atoms with E-state index in [9.17, 15) is 28.8 Å². The van der Waals surface area contributed by atoms with Gasteiger partial charge in [0.1, 0.15) is 12.6 Å². The van der Waals surface area contributed by atoms with Crippen molar-refractivity contribution in [2.45, 2.75) is 44.8 Å². The first-order valence-electron chi connectivity index (χ1n) is 11.2. The number of imide groups is 2. The summed E-state index contributed by atoms with van der Waals surface area (Å²) in [5, 5.41) is 4.77. The molecular weight excluding hydrogens is 454 g/mol. The van der Waals surface area contributed by atoms with Gasteiger partial charge in [0.25, 0.3) is 11.8 Å². The van der Waals surface area contributed by atoms with Gasteiger partial charge in [0.15, 0.2) is 0 Å². The number of hydrogen-bond acceptors (Lipinski definition) is 7. The van der Waals surface area contributed by atoms with E-state index in [-0.39, 0.29) is 49.1 Å². The van der Waals surface area contributed by atoms with E-state index in [1.54, 1.807) is 0 Å². The summed E-state index contributed by atoms with van der Waals surface area (Å²) in [6.07, 6.45) is 0.287. The monoisotopic (exact) mass is 477 g/mol. The van der Waals surface area contributed by atoms with Crippen LogP contribution in [0.2, 0.25) is 0 Å². The number of ether oxygens (including phenoxy) is 1. The van der Waals surface area contributed by atoms with Gasteiger partial charge >= 0.3 is 5.97 Å². The second-order valence-electron chi connectivity index (χ2n) is 8.22. The van der Waals surface area contributed by atoms with Crippen LogP contribution in [0.1, 0.15) is 58.4 Å². The molecule has 0 unspecified atom stereocenters. The van der Waals surface area contributed by atoms with Crippen molar-refractivity contribution in [1.82, 2.24) is 10.2 Å². The van der Waals surface area contributed by atoms with Gasteiger partial charge in [-0.15, -0.1) is 0 Å². The highest BCUT2D eigenvalue weighted by Gasteiger charge is 2.44. The van der Waals surface area contributed by atoms with E-state index < -0.39 is 41.5 Å². The molecule has 2 aromatic rings. The Kier molecular flexibility index (Phi) is 7.00. The predicted octanol–water partition coefficient (Wildman–Crippen LogP) is 1.94. The molecule has 2 heterocycles. The zero-order valence-corrected chi connectivity index (χ0v) is 18.7. The molecule has 1 fully saturated rings. The van der Waals surface area contributed by atoms with Crippen molar-refractivity contribution in [1.29, 1.82) is 0 Å². The Morgan fingerprint density at radius 3 is 2.51 bits per heavy atom. The van der Waals surface area contributed by atoms with Gasteiger partial charge in [-0.3, -0.25) is 39.0 Å². The van der Waals surface area contributed by atoms with Gasteiger partial charge in [0.05, 0.1) is 23.2 Å². The largest absolute Gasteiger partial charge is 0.461 e. The van der Waals surface area contributed by atoms with Crippen LogP contribution < -0.4 is 10.6 Å². The lowest BCUT2D eigenvalue weighted by molar-refractivity contribution is -0.146. The Labute approximate surface area is 200 Å². The van der Waals surface area contributed by atoms with Crippen LogP contribution in [0.5, 0.6) is 0 Å². The highest BCUT2D eigenvalue weighted by molar-refractivity contribution is 6.26. The highest BCUT2D eigenvalue weighted by Crippen LogP contribution is 2.32. The molecule has 180 valence electrons. The second kappa shape index (κ2) is 10.3. The number of nitrogens with zero attached hydrogens (tertiary/aromatic N) is 1. The fourth-order valence-electron chi connectivity index (χ4n) is 4.05. The number of amides is 5. The molecule has 0 aliphatic carbocycles. The first-order valence-corrected chi connectivity index (χ1v) is 11.2. The fraction of sp³-hybridized carbons (Fsp3) is 0.280. The number of fused-ring (bicyclic) bond motifs is 1. The molecule has 2 aliphatic heterocycles. The van der Waals surface area contributed by atoms with Crippen LogP contribution in [0.25, 0.3) is 0 Å². The van der Waals surface area contributed by atoms with Crippen LogP contribution in [0, 0.1) is 0 Å². The minimum Gasteiger partial charge on any atom is -0.461 e. The Bertz CT molecular complexity index is 1210. The van der Waals surface area contributed by atoms with Crippen molar-refractivity contribution in [3.05, 3.63) is 65.2 Å². The molecule has 1 atom stereocenters. The number of nitrogens with one attached hydrogen (secondary N) is 2. The zero-order chi connectivity index (χ0) is 24.9. The minimum atomic E-state index is -1.11. The summed E-state index contributed by atoms with van der Waals surface area (Å²) >= 11 is 0. The Morgan fingerprint density at radius 1 is 0.971 bits per heavy atom. The Hall–Kier alpha value is -4.34. The molecule has 0 spiro atoms. The van der Waals surface area contributed by atoms with E-state index in [0.717, 1.165) is 10.5 Å². The maximum absolute atomic E-state index is 13.1. The van der Waals surface area contributed by atoms with Gasteiger partial charge in [0, 0.05) is 12.8 Å². The van der Waals surface area contributed by atoms with Crippen LogP contribution in [0.15, 0.2) is 48.5 Å². The number of anilines is 1. The van der Waals surface area contributed by atoms with Crippen molar-refractivity contribution in [3.8, 4) is 0 Å². The van der Waals surface area contributed by atoms with Gasteiger partial charge in [0.2, 0.25) is 17.7 Å². The van der Waals surface area contributed by atoms with Crippen molar-refractivity contribution in [3.63, 3.8) is 0 Å². The van der Waals surface area contributed by atoms with Gasteiger partial charge in [-0.05, 0) is 30.5 Å². The lowest BCUT2D eigenvalue weighted by atomic mass is 10.1. The zero-order valence-electron chi connectivity index (χ0n) is 18.7. The summed E-state index contributed by atoms with van der Waals surface area (Å²) in [6, 6.07) is 12.4. The molecule has 10 heteroatoms. The molecule has 10 nitrogen and oxygen atoms in total. The fourth-order valence-corrected chi connectivity index (χ4v) is 4.05. The summed E-state index contributed by atoms with van der Waals surface area (Å²) < 4.78 is 5.16. The smallest absolute Gasteiger partial charge is 0.306 e. The maximum Gasteiger partial charge on any atom is 0.306 e. The molecule has 2 aromatic carbocycles. The summed E-state index contributed by atoms with van der Waals surface area (Å²) in [5.74, 6) is -3.64. The molecule has 35 heavy (non-hydrogen) atoms. The van der Waals surface area contributed by atoms with E-state index in [1.807, 2.05) is 30.3 Å². The third-order valence-corrected chi connectivity index (χ3v) is 5.78. The average Bonchev–Trinajstić information content (AvgIpc) is 2.98. The Balaban J connectivity index is 1.40. The third-order valence-electron chi connectivity index (χ3n) is 5.78. The van der Waals surface area contributed by atoms with Crippen LogP contribution in [-0.2, 0) is 30.5 Å². The number of hydrogen-bond donors (Lipinski definition) is 2. The van der Waals surface area contributed by atoms with Gasteiger partial charge in [-0.1, -0.05) is 36.4 Å². The number of benzene rings is 2. The number of esters is 1. The SMILES string of the molecule is O=C1CCC[C@H](N2C(=O)c3cccc(NC(=O)CCC(=O)OCc4ccccc4)c3C2=O)C(=O)N1. The summed E-state index contributed by atoms with van der Waals surface area (Å²) in [6.45, 7) is 0.0975. The summed E-state index contributed by atoms with van der Waals surface area (Å²) in [7, 11) is 0. The maximum atomic E-state index is 13.1. The summed E-state index contributed by atoms with van der Waals surface area (Å²) in [5.41, 5.74) is 0.958. The van der Waals surface area contributed by atoms with Gasteiger partial charge in [-0.25, -0.2) is 0 Å². The topological polar surface area (TPSA) is 139 Å². The number of carbonyl (C=O) groups is 6. The molecule has 2 aliphatic rings. The molecule has 5 amide bonds. The second-order valence-corrected chi connectivity index (χ2v) is 8.22. The standard InChI is InChI=1S/C25H23N3O7/c29-19-11-5-10-18(23(32)27-19)28-24(33)16-8-4-9-17(22(16)25(28)34)26-20(30)12-13-21(31)35-14-15-6-2-1-3-7-15/h1-4,6-9,18H,5,10-14H2,(H,26,30)(H,27,29,32)/t18-/m0/s1. The highest BCUT2D eigenvalue weighted by atomic mass is 16.5. The Morgan fingerprint density at radius 2 is 1.74 bits per heavy atom. The normalized spacial score (nSPS) is 17.5. The number of rotatable bonds is 7. The van der Waals surface area contributed by atoms with Gasteiger partial charge in [-0.2, -0.15) is 0 Å². The molecule has 1 saturated heterocycles. The molecule has 0 saturated carbocycles. The van der Waals surface area contributed by atoms with Gasteiger partial charge < -0.3 is 10.1 Å². The first kappa shape index (κ1) is 23.8. The minimum absolute atomic E-state index is 0.0270.